The molecule has 0 fully saturated rings. The van der Waals surface area contributed by atoms with Gasteiger partial charge in [0, 0.05) is 4.88 Å². The lowest BCUT2D eigenvalue weighted by atomic mass is 10.1. The number of thiophene rings is 1. The van der Waals surface area contributed by atoms with E-state index in [1.165, 1.54) is 46.6 Å². The average Bonchev–Trinajstić information content (AvgIpc) is 3.41. The van der Waals surface area contributed by atoms with Gasteiger partial charge < -0.3 is 10.1 Å². The number of anilines is 1. The average molecular weight is 496 g/mol. The van der Waals surface area contributed by atoms with Crippen LogP contribution < -0.4 is 5.32 Å². The third-order valence-corrected chi connectivity index (χ3v) is 8.15. The Hall–Kier alpha value is -2.08. The van der Waals surface area contributed by atoms with E-state index in [2.05, 4.69) is 10.4 Å². The van der Waals surface area contributed by atoms with Crippen LogP contribution in [0.15, 0.2) is 28.6 Å². The van der Waals surface area contributed by atoms with Crippen LogP contribution in [0, 0.1) is 9.77 Å². The Labute approximate surface area is 195 Å². The monoisotopic (exact) mass is 495 g/mol. The molecular formula is C20H18FN3O3S4. The number of thioether (sulfide) groups is 1. The fourth-order valence-corrected chi connectivity index (χ4v) is 6.72. The molecule has 162 valence electrons. The van der Waals surface area contributed by atoms with Crippen molar-refractivity contribution in [2.45, 2.75) is 30.5 Å². The maximum absolute atomic E-state index is 13.1. The van der Waals surface area contributed by atoms with Crippen LogP contribution in [0.25, 0.3) is 5.69 Å². The molecule has 0 saturated carbocycles. The van der Waals surface area contributed by atoms with Gasteiger partial charge in [0.2, 0.25) is 5.91 Å². The van der Waals surface area contributed by atoms with Crippen molar-refractivity contribution in [2.24, 2.45) is 0 Å². The normalized spacial score (nSPS) is 12.6. The zero-order valence-electron chi connectivity index (χ0n) is 16.5. The van der Waals surface area contributed by atoms with Gasteiger partial charge in [-0.05, 0) is 68.2 Å². The summed E-state index contributed by atoms with van der Waals surface area (Å²) in [7, 11) is 0. The Morgan fingerprint density at radius 1 is 1.29 bits per heavy atom. The van der Waals surface area contributed by atoms with Crippen LogP contribution in [-0.2, 0) is 22.4 Å². The molecule has 1 aromatic carbocycles. The van der Waals surface area contributed by atoms with E-state index in [1.807, 2.05) is 0 Å². The number of amides is 1. The largest absolute Gasteiger partial charge is 0.462 e. The minimum atomic E-state index is -0.388. The van der Waals surface area contributed by atoms with E-state index >= 15 is 0 Å². The van der Waals surface area contributed by atoms with E-state index < -0.39 is 0 Å². The molecule has 1 N–H and O–H groups in total. The summed E-state index contributed by atoms with van der Waals surface area (Å²) >= 11 is 9.33. The minimum absolute atomic E-state index is 0.122. The molecular weight excluding hydrogens is 478 g/mol. The van der Waals surface area contributed by atoms with Crippen molar-refractivity contribution in [3.63, 3.8) is 0 Å². The predicted molar refractivity (Wildman–Crippen MR) is 124 cm³/mol. The van der Waals surface area contributed by atoms with Crippen molar-refractivity contribution in [3.8, 4) is 5.69 Å². The van der Waals surface area contributed by atoms with Gasteiger partial charge in [0.15, 0.2) is 8.29 Å². The first-order chi connectivity index (χ1) is 15.0. The highest BCUT2D eigenvalue weighted by Gasteiger charge is 2.28. The number of rotatable bonds is 7. The number of benzene rings is 1. The Balaban J connectivity index is 1.44. The van der Waals surface area contributed by atoms with Gasteiger partial charge in [-0.2, -0.15) is 0 Å². The molecule has 2 heterocycles. The second-order valence-electron chi connectivity index (χ2n) is 6.64. The molecule has 0 radical (unpaired) electrons. The lowest BCUT2D eigenvalue weighted by Gasteiger charge is -2.07. The molecule has 1 aliphatic carbocycles. The van der Waals surface area contributed by atoms with Crippen molar-refractivity contribution < 1.29 is 18.7 Å². The van der Waals surface area contributed by atoms with Crippen LogP contribution in [0.1, 0.15) is 34.1 Å². The fourth-order valence-electron chi connectivity index (χ4n) is 3.27. The maximum Gasteiger partial charge on any atom is 0.341 e. The van der Waals surface area contributed by atoms with Gasteiger partial charge in [0.25, 0.3) is 0 Å². The molecule has 2 aromatic heterocycles. The number of aromatic nitrogens is 2. The first kappa shape index (κ1) is 22.1. The Morgan fingerprint density at radius 2 is 2.06 bits per heavy atom. The van der Waals surface area contributed by atoms with Gasteiger partial charge in [-0.3, -0.25) is 4.79 Å². The number of esters is 1. The first-order valence-corrected chi connectivity index (χ1v) is 12.6. The van der Waals surface area contributed by atoms with Gasteiger partial charge >= 0.3 is 5.97 Å². The number of carbonyl (C=O) groups excluding carboxylic acids is 2. The van der Waals surface area contributed by atoms with Crippen LogP contribution in [0.5, 0.6) is 0 Å². The van der Waals surface area contributed by atoms with E-state index in [1.54, 1.807) is 23.7 Å². The van der Waals surface area contributed by atoms with E-state index in [4.69, 9.17) is 17.0 Å². The molecule has 4 rings (SSSR count). The number of hydrogen-bond donors (Lipinski definition) is 1. The van der Waals surface area contributed by atoms with Crippen molar-refractivity contribution in [1.82, 2.24) is 9.78 Å². The summed E-state index contributed by atoms with van der Waals surface area (Å²) < 4.78 is 21.0. The van der Waals surface area contributed by atoms with E-state index in [9.17, 15) is 14.0 Å². The standard InChI is InChI=1S/C20H18FN3O3S4/c1-2-27-18(26)16-13-4-3-5-14(13)30-17(16)22-15(25)10-29-19-23-24(20(28)31-19)12-8-6-11(21)7-9-12/h6-9H,2-5,10H2,1H3,(H,22,25). The van der Waals surface area contributed by atoms with Gasteiger partial charge in [0.1, 0.15) is 10.8 Å². The van der Waals surface area contributed by atoms with Crippen molar-refractivity contribution in [2.75, 3.05) is 17.7 Å². The van der Waals surface area contributed by atoms with Crippen molar-refractivity contribution >= 4 is 63.5 Å². The van der Waals surface area contributed by atoms with Crippen molar-refractivity contribution in [3.05, 3.63) is 50.0 Å². The number of aryl methyl sites for hydroxylation is 1. The quantitative estimate of drug-likeness (QED) is 0.274. The topological polar surface area (TPSA) is 73.2 Å². The number of halogens is 1. The molecule has 0 bridgehead atoms. The number of carbonyl (C=O) groups is 2. The second-order valence-corrected chi connectivity index (χ2v) is 10.6. The van der Waals surface area contributed by atoms with Gasteiger partial charge in [-0.15, -0.1) is 16.4 Å². The highest BCUT2D eigenvalue weighted by molar-refractivity contribution is 8.01. The van der Waals surface area contributed by atoms with E-state index in [-0.39, 0.29) is 30.1 Å². The van der Waals surface area contributed by atoms with Crippen LogP contribution in [-0.4, -0.2) is 34.0 Å². The Morgan fingerprint density at radius 3 is 2.81 bits per heavy atom. The number of nitrogens with one attached hydrogen (secondary N) is 1. The predicted octanol–water partition coefficient (Wildman–Crippen LogP) is 5.26. The second kappa shape index (κ2) is 9.60. The van der Waals surface area contributed by atoms with Crippen molar-refractivity contribution in [1.29, 1.82) is 0 Å². The summed E-state index contributed by atoms with van der Waals surface area (Å²) in [5, 5.41) is 7.84. The molecule has 6 nitrogen and oxygen atoms in total. The minimum Gasteiger partial charge on any atom is -0.462 e. The molecule has 0 aliphatic heterocycles. The number of ether oxygens (including phenoxy) is 1. The molecule has 1 aliphatic rings. The summed E-state index contributed by atoms with van der Waals surface area (Å²) in [5.41, 5.74) is 2.16. The molecule has 11 heteroatoms. The summed E-state index contributed by atoms with van der Waals surface area (Å²) in [6.07, 6.45) is 2.76. The van der Waals surface area contributed by atoms with Gasteiger partial charge in [0.05, 0.1) is 23.6 Å². The Kier molecular flexibility index (Phi) is 6.85. The van der Waals surface area contributed by atoms with E-state index in [0.717, 1.165) is 29.7 Å². The highest BCUT2D eigenvalue weighted by atomic mass is 32.2. The SMILES string of the molecule is CCOC(=O)c1c(NC(=O)CSc2nn(-c3ccc(F)cc3)c(=S)s2)sc2c1CCC2. The molecule has 0 unspecified atom stereocenters. The summed E-state index contributed by atoms with van der Waals surface area (Å²) in [5.74, 6) is -0.833. The Bertz CT molecular complexity index is 1180. The molecule has 1 amide bonds. The van der Waals surface area contributed by atoms with Gasteiger partial charge in [-0.1, -0.05) is 23.1 Å². The maximum atomic E-state index is 13.1. The number of hydrogen-bond acceptors (Lipinski definition) is 8. The molecule has 0 saturated heterocycles. The molecule has 0 spiro atoms. The third kappa shape index (κ3) is 4.89. The fraction of sp³-hybridized carbons (Fsp3) is 0.300. The highest BCUT2D eigenvalue weighted by Crippen LogP contribution is 2.39. The zero-order valence-corrected chi connectivity index (χ0v) is 19.7. The molecule has 0 atom stereocenters. The third-order valence-electron chi connectivity index (χ3n) is 4.58. The summed E-state index contributed by atoms with van der Waals surface area (Å²) in [4.78, 5) is 26.1. The van der Waals surface area contributed by atoms with E-state index in [0.29, 0.717) is 24.5 Å². The summed E-state index contributed by atoms with van der Waals surface area (Å²) in [6, 6.07) is 5.88. The number of fused-ring (bicyclic) bond motifs is 1. The zero-order chi connectivity index (χ0) is 22.0. The van der Waals surface area contributed by atoms with Crippen LogP contribution in [0.3, 0.4) is 0 Å². The smallest absolute Gasteiger partial charge is 0.341 e. The van der Waals surface area contributed by atoms with Gasteiger partial charge in [-0.25, -0.2) is 13.9 Å². The van der Waals surface area contributed by atoms with Crippen LogP contribution in [0.4, 0.5) is 9.39 Å². The lowest BCUT2D eigenvalue weighted by molar-refractivity contribution is -0.113. The molecule has 31 heavy (non-hydrogen) atoms. The first-order valence-electron chi connectivity index (χ1n) is 9.56. The number of nitrogens with zero attached hydrogens (tertiary/aromatic N) is 2. The van der Waals surface area contributed by atoms with Crippen LogP contribution >= 0.6 is 46.7 Å². The molecule has 3 aromatic rings. The van der Waals surface area contributed by atoms with Crippen LogP contribution in [0.2, 0.25) is 0 Å². The summed E-state index contributed by atoms with van der Waals surface area (Å²) in [6.45, 7) is 2.05. The lowest BCUT2D eigenvalue weighted by Crippen LogP contribution is -2.16.